The molecule has 1 aliphatic carbocycles. The minimum Gasteiger partial charge on any atom is -0.491 e. The van der Waals surface area contributed by atoms with Crippen LogP contribution in [0, 0.1) is 13.8 Å². The van der Waals surface area contributed by atoms with Gasteiger partial charge in [0.1, 0.15) is 24.0 Å². The number of β-amino-alcohol motifs (C(OH)–C–C–N with tert-alkyl or cyclic N) is 1. The van der Waals surface area contributed by atoms with Gasteiger partial charge in [0.05, 0.1) is 6.54 Å². The zero-order valence-electron chi connectivity index (χ0n) is 18.1. The summed E-state index contributed by atoms with van der Waals surface area (Å²) in [6, 6.07) is 15.7. The molecule has 4 rings (SSSR count). The number of hydrogen-bond donors (Lipinski definition) is 2. The van der Waals surface area contributed by atoms with Gasteiger partial charge in [-0.15, -0.1) is 0 Å². The van der Waals surface area contributed by atoms with E-state index in [1.165, 1.54) is 5.56 Å². The van der Waals surface area contributed by atoms with Crippen molar-refractivity contribution in [3.05, 3.63) is 65.2 Å². The van der Waals surface area contributed by atoms with Gasteiger partial charge in [-0.25, -0.2) is 4.79 Å². The lowest BCUT2D eigenvalue weighted by atomic mass is 9.74. The van der Waals surface area contributed by atoms with Gasteiger partial charge in [0.25, 0.3) is 5.91 Å². The van der Waals surface area contributed by atoms with Gasteiger partial charge in [-0.05, 0) is 62.6 Å². The van der Waals surface area contributed by atoms with Crippen LogP contribution in [-0.4, -0.2) is 46.7 Å². The first-order chi connectivity index (χ1) is 14.9. The predicted molar refractivity (Wildman–Crippen MR) is 118 cm³/mol. The molecule has 1 unspecified atom stereocenters. The van der Waals surface area contributed by atoms with Crippen LogP contribution in [-0.2, 0) is 4.79 Å². The van der Waals surface area contributed by atoms with Crippen molar-refractivity contribution < 1.29 is 19.4 Å². The Hall–Kier alpha value is -2.86. The van der Waals surface area contributed by atoms with E-state index in [0.29, 0.717) is 24.5 Å². The van der Waals surface area contributed by atoms with Crippen LogP contribution >= 0.6 is 0 Å². The summed E-state index contributed by atoms with van der Waals surface area (Å²) in [6.07, 6.45) is 1.97. The molecule has 2 aromatic rings. The Morgan fingerprint density at radius 2 is 1.84 bits per heavy atom. The van der Waals surface area contributed by atoms with Crippen molar-refractivity contribution in [2.45, 2.75) is 57.1 Å². The maximum absolute atomic E-state index is 13.1. The number of carbonyl (C=O) groups excluding carboxylic acids is 2. The molecule has 1 saturated heterocycles. The van der Waals surface area contributed by atoms with Crippen molar-refractivity contribution in [3.8, 4) is 5.75 Å². The van der Waals surface area contributed by atoms with Crippen LogP contribution in [0.2, 0.25) is 0 Å². The number of amides is 3. The van der Waals surface area contributed by atoms with E-state index in [1.807, 2.05) is 50.2 Å². The molecule has 1 heterocycles. The molecule has 2 N–H and O–H groups in total. The molecule has 3 amide bonds. The summed E-state index contributed by atoms with van der Waals surface area (Å²) in [5.74, 6) is 0.870. The van der Waals surface area contributed by atoms with Gasteiger partial charge in [0, 0.05) is 0 Å². The highest BCUT2D eigenvalue weighted by atomic mass is 16.5. The summed E-state index contributed by atoms with van der Waals surface area (Å²) in [5, 5.41) is 13.4. The van der Waals surface area contributed by atoms with Crippen molar-refractivity contribution in [2.75, 3.05) is 13.2 Å². The number of carbonyl (C=O) groups is 2. The first kappa shape index (κ1) is 21.4. The number of hydrogen-bond acceptors (Lipinski definition) is 4. The third-order valence-corrected chi connectivity index (χ3v) is 6.51. The molecule has 2 aromatic carbocycles. The van der Waals surface area contributed by atoms with E-state index in [9.17, 15) is 14.7 Å². The van der Waals surface area contributed by atoms with Gasteiger partial charge in [-0.3, -0.25) is 9.69 Å². The van der Waals surface area contributed by atoms with E-state index in [2.05, 4.69) is 17.4 Å². The lowest BCUT2D eigenvalue weighted by Gasteiger charge is -2.35. The Morgan fingerprint density at radius 3 is 2.52 bits per heavy atom. The molecular formula is C25H30N2O4. The van der Waals surface area contributed by atoms with Gasteiger partial charge in [0.15, 0.2) is 0 Å². The molecular weight excluding hydrogens is 392 g/mol. The van der Waals surface area contributed by atoms with Crippen LogP contribution in [0.3, 0.4) is 0 Å². The van der Waals surface area contributed by atoms with E-state index in [-0.39, 0.29) is 19.1 Å². The molecule has 31 heavy (non-hydrogen) atoms. The molecule has 1 saturated carbocycles. The fourth-order valence-electron chi connectivity index (χ4n) is 4.76. The van der Waals surface area contributed by atoms with Crippen LogP contribution in [0.4, 0.5) is 4.79 Å². The number of rotatable bonds is 6. The highest BCUT2D eigenvalue weighted by Gasteiger charge is 2.52. The van der Waals surface area contributed by atoms with E-state index in [1.54, 1.807) is 0 Å². The van der Waals surface area contributed by atoms with E-state index < -0.39 is 17.7 Å². The minimum absolute atomic E-state index is 0.0179. The normalized spacial score (nSPS) is 24.4. The van der Waals surface area contributed by atoms with E-state index in [0.717, 1.165) is 28.9 Å². The molecule has 0 bridgehead atoms. The summed E-state index contributed by atoms with van der Waals surface area (Å²) >= 11 is 0. The largest absolute Gasteiger partial charge is 0.491 e. The second-order valence-electron chi connectivity index (χ2n) is 8.85. The van der Waals surface area contributed by atoms with Crippen LogP contribution in [0.1, 0.15) is 48.3 Å². The Labute approximate surface area is 183 Å². The van der Waals surface area contributed by atoms with Crippen molar-refractivity contribution in [1.29, 1.82) is 0 Å². The number of ether oxygens (including phenoxy) is 1. The Balaban J connectivity index is 1.34. The Morgan fingerprint density at radius 1 is 1.13 bits per heavy atom. The molecule has 164 valence electrons. The summed E-state index contributed by atoms with van der Waals surface area (Å²) in [7, 11) is 0. The van der Waals surface area contributed by atoms with Crippen molar-refractivity contribution >= 4 is 11.9 Å². The second kappa shape index (κ2) is 8.71. The van der Waals surface area contributed by atoms with E-state index >= 15 is 0 Å². The quantitative estimate of drug-likeness (QED) is 0.696. The summed E-state index contributed by atoms with van der Waals surface area (Å²) < 4.78 is 5.71. The van der Waals surface area contributed by atoms with E-state index in [4.69, 9.17) is 4.74 Å². The van der Waals surface area contributed by atoms with Gasteiger partial charge in [-0.2, -0.15) is 0 Å². The molecule has 0 radical (unpaired) electrons. The monoisotopic (exact) mass is 422 g/mol. The molecule has 1 atom stereocenters. The van der Waals surface area contributed by atoms with Crippen LogP contribution in [0.5, 0.6) is 5.75 Å². The van der Waals surface area contributed by atoms with Gasteiger partial charge >= 0.3 is 6.03 Å². The number of urea groups is 1. The summed E-state index contributed by atoms with van der Waals surface area (Å²) in [5.41, 5.74) is 2.56. The maximum Gasteiger partial charge on any atom is 0.325 e. The third-order valence-electron chi connectivity index (χ3n) is 6.51. The molecule has 0 aromatic heterocycles. The van der Waals surface area contributed by atoms with Gasteiger partial charge in [-0.1, -0.05) is 48.0 Å². The predicted octanol–water partition coefficient (Wildman–Crippen LogP) is 3.69. The Bertz CT molecular complexity index is 951. The molecule has 6 heteroatoms. The molecule has 2 fully saturated rings. The number of aryl methyl sites for hydroxylation is 2. The first-order valence-corrected chi connectivity index (χ1v) is 11.0. The molecule has 2 aliphatic rings. The molecule has 6 nitrogen and oxygen atoms in total. The average Bonchev–Trinajstić information content (AvgIpc) is 2.98. The maximum atomic E-state index is 13.1. The number of nitrogens with zero attached hydrogens (tertiary/aromatic N) is 1. The number of aliphatic hydroxyl groups excluding tert-OH is 1. The fraction of sp³-hybridized carbons (Fsp3) is 0.440. The molecule has 1 spiro atoms. The number of aliphatic hydroxyl groups is 1. The SMILES string of the molecule is Cc1ccc(OCC(O)CN2C(=O)NC3(CCC(c4ccccc4)CC3)C2=O)c(C)c1. The Kier molecular flexibility index (Phi) is 6.01. The summed E-state index contributed by atoms with van der Waals surface area (Å²) in [6.45, 7) is 3.90. The van der Waals surface area contributed by atoms with Crippen LogP contribution in [0.25, 0.3) is 0 Å². The van der Waals surface area contributed by atoms with Crippen LogP contribution in [0.15, 0.2) is 48.5 Å². The average molecular weight is 423 g/mol. The van der Waals surface area contributed by atoms with Gasteiger partial charge < -0.3 is 15.2 Å². The lowest BCUT2D eigenvalue weighted by molar-refractivity contribution is -0.133. The number of benzene rings is 2. The molecule has 1 aliphatic heterocycles. The topological polar surface area (TPSA) is 78.9 Å². The van der Waals surface area contributed by atoms with Crippen molar-refractivity contribution in [3.63, 3.8) is 0 Å². The minimum atomic E-state index is -0.953. The smallest absolute Gasteiger partial charge is 0.325 e. The third kappa shape index (κ3) is 4.44. The lowest BCUT2D eigenvalue weighted by Crippen LogP contribution is -2.49. The fourth-order valence-corrected chi connectivity index (χ4v) is 4.76. The zero-order chi connectivity index (χ0) is 22.0. The first-order valence-electron chi connectivity index (χ1n) is 11.0. The second-order valence-corrected chi connectivity index (χ2v) is 8.85. The van der Waals surface area contributed by atoms with Crippen molar-refractivity contribution in [2.24, 2.45) is 0 Å². The van der Waals surface area contributed by atoms with Crippen LogP contribution < -0.4 is 10.1 Å². The van der Waals surface area contributed by atoms with Crippen molar-refractivity contribution in [1.82, 2.24) is 10.2 Å². The summed E-state index contributed by atoms with van der Waals surface area (Å²) in [4.78, 5) is 26.8. The zero-order valence-corrected chi connectivity index (χ0v) is 18.1. The standard InChI is InChI=1S/C25H30N2O4/c1-17-8-9-22(18(2)14-17)31-16-21(28)15-27-23(29)25(26-24(27)30)12-10-20(11-13-25)19-6-4-3-5-7-19/h3-9,14,20-21,28H,10-13,15-16H2,1-2H3,(H,26,30). The van der Waals surface area contributed by atoms with Gasteiger partial charge in [0.2, 0.25) is 0 Å². The number of imide groups is 1. The number of nitrogens with one attached hydrogen (secondary N) is 1. The highest BCUT2D eigenvalue weighted by molar-refractivity contribution is 6.07. The highest BCUT2D eigenvalue weighted by Crippen LogP contribution is 2.40.